The van der Waals surface area contributed by atoms with Crippen LogP contribution < -0.4 is 4.90 Å². The van der Waals surface area contributed by atoms with Gasteiger partial charge in [-0.3, -0.25) is 9.89 Å². The van der Waals surface area contributed by atoms with Gasteiger partial charge < -0.3 is 4.90 Å². The van der Waals surface area contributed by atoms with Crippen molar-refractivity contribution in [2.75, 3.05) is 26.0 Å². The van der Waals surface area contributed by atoms with Gasteiger partial charge in [-0.1, -0.05) is 54.7 Å². The van der Waals surface area contributed by atoms with Crippen molar-refractivity contribution >= 4 is 11.4 Å². The van der Waals surface area contributed by atoms with Gasteiger partial charge in [0.15, 0.2) is 0 Å². The van der Waals surface area contributed by atoms with Gasteiger partial charge in [-0.2, -0.15) is 0 Å². The Morgan fingerprint density at radius 1 is 1.00 bits per heavy atom. The molecule has 1 aromatic carbocycles. The number of nitrogens with zero attached hydrogens (tertiary/aromatic N) is 3. The Morgan fingerprint density at radius 2 is 1.70 bits per heavy atom. The highest BCUT2D eigenvalue weighted by Gasteiger charge is 2.22. The van der Waals surface area contributed by atoms with Gasteiger partial charge in [0, 0.05) is 37.1 Å². The number of allylic oxidation sites excluding steroid dienone is 9. The Kier molecular flexibility index (Phi) is 4.78. The van der Waals surface area contributed by atoms with Crippen LogP contribution in [0.3, 0.4) is 0 Å². The van der Waals surface area contributed by atoms with Gasteiger partial charge in [-0.05, 0) is 49.0 Å². The van der Waals surface area contributed by atoms with Gasteiger partial charge in [0.25, 0.3) is 0 Å². The van der Waals surface area contributed by atoms with E-state index < -0.39 is 0 Å². The molecule has 0 aromatic heterocycles. The average Bonchev–Trinajstić information content (AvgIpc) is 3.04. The molecule has 1 aliphatic heterocycles. The van der Waals surface area contributed by atoms with Crippen LogP contribution in [0.5, 0.6) is 0 Å². The number of rotatable bonds is 2. The van der Waals surface area contributed by atoms with E-state index in [1.807, 2.05) is 6.20 Å². The zero-order chi connectivity index (χ0) is 18.8. The van der Waals surface area contributed by atoms with Crippen LogP contribution in [0.15, 0.2) is 101 Å². The van der Waals surface area contributed by atoms with Crippen molar-refractivity contribution in [3.05, 3.63) is 101 Å². The minimum atomic E-state index is 0.367. The Morgan fingerprint density at radius 3 is 2.37 bits per heavy atom. The van der Waals surface area contributed by atoms with Crippen LogP contribution in [0, 0.1) is 0 Å². The number of aliphatic imine (C=N–C) groups is 1. The van der Waals surface area contributed by atoms with Gasteiger partial charge in [0.1, 0.15) is 0 Å². The molecule has 0 amide bonds. The Labute approximate surface area is 161 Å². The van der Waals surface area contributed by atoms with Gasteiger partial charge in [0.05, 0.1) is 5.71 Å². The number of anilines is 1. The molecule has 0 saturated carbocycles. The van der Waals surface area contributed by atoms with Crippen LogP contribution in [-0.4, -0.2) is 37.8 Å². The molecule has 3 nitrogen and oxygen atoms in total. The monoisotopic (exact) mass is 355 g/mol. The molecule has 1 aromatic rings. The first-order chi connectivity index (χ1) is 13.1. The summed E-state index contributed by atoms with van der Waals surface area (Å²) in [6.45, 7) is 0. The summed E-state index contributed by atoms with van der Waals surface area (Å²) in [5.41, 5.74) is 7.39. The van der Waals surface area contributed by atoms with Crippen molar-refractivity contribution in [1.29, 1.82) is 0 Å². The minimum Gasteiger partial charge on any atom is -0.347 e. The van der Waals surface area contributed by atoms with E-state index in [1.54, 1.807) is 0 Å². The molecule has 0 atom stereocenters. The summed E-state index contributed by atoms with van der Waals surface area (Å²) in [6, 6.07) is 8.97. The largest absolute Gasteiger partial charge is 0.347 e. The number of hydrogen-bond donors (Lipinski definition) is 0. The van der Waals surface area contributed by atoms with Gasteiger partial charge >= 0.3 is 0 Å². The first-order valence-corrected chi connectivity index (χ1v) is 9.33. The molecule has 3 aliphatic rings. The topological polar surface area (TPSA) is 18.8 Å². The van der Waals surface area contributed by atoms with Crippen LogP contribution >= 0.6 is 0 Å². The normalized spacial score (nSPS) is 20.7. The lowest BCUT2D eigenvalue weighted by Gasteiger charge is -2.19. The molecular weight excluding hydrogens is 330 g/mol. The van der Waals surface area contributed by atoms with E-state index in [2.05, 4.69) is 109 Å². The SMILES string of the molecule is CN1C(=C2C=CC(=NC=C3C=CC(N(C)C)C=C3)C=C2)Cc2ccccc21. The molecule has 2 aliphatic carbocycles. The number of para-hydroxylation sites is 1. The molecule has 27 heavy (non-hydrogen) atoms. The van der Waals surface area contributed by atoms with E-state index in [0.29, 0.717) is 6.04 Å². The predicted molar refractivity (Wildman–Crippen MR) is 115 cm³/mol. The lowest BCUT2D eigenvalue weighted by atomic mass is 10.0. The molecule has 0 fully saturated rings. The van der Waals surface area contributed by atoms with Crippen LogP contribution in [0.1, 0.15) is 5.56 Å². The fourth-order valence-electron chi connectivity index (χ4n) is 3.59. The first-order valence-electron chi connectivity index (χ1n) is 9.33. The third-order valence-corrected chi connectivity index (χ3v) is 5.25. The summed E-state index contributed by atoms with van der Waals surface area (Å²) >= 11 is 0. The molecule has 0 N–H and O–H groups in total. The number of benzene rings is 1. The lowest BCUT2D eigenvalue weighted by molar-refractivity contribution is 0.390. The Hall–Kier alpha value is -2.91. The second-order valence-corrected chi connectivity index (χ2v) is 7.29. The maximum absolute atomic E-state index is 4.63. The summed E-state index contributed by atoms with van der Waals surface area (Å²) in [6.07, 6.45) is 20.1. The molecule has 0 saturated heterocycles. The van der Waals surface area contributed by atoms with E-state index in [-0.39, 0.29) is 0 Å². The van der Waals surface area contributed by atoms with Crippen LogP contribution in [-0.2, 0) is 6.42 Å². The molecule has 0 radical (unpaired) electrons. The van der Waals surface area contributed by atoms with Crippen LogP contribution in [0.2, 0.25) is 0 Å². The van der Waals surface area contributed by atoms with Crippen molar-refractivity contribution in [3.8, 4) is 0 Å². The van der Waals surface area contributed by atoms with Gasteiger partial charge in [-0.25, -0.2) is 0 Å². The van der Waals surface area contributed by atoms with Crippen molar-refractivity contribution < 1.29 is 0 Å². The maximum Gasteiger partial charge on any atom is 0.0630 e. The van der Waals surface area contributed by atoms with Crippen molar-refractivity contribution in [2.45, 2.75) is 12.5 Å². The highest BCUT2D eigenvalue weighted by Crippen LogP contribution is 2.35. The smallest absolute Gasteiger partial charge is 0.0630 e. The summed E-state index contributed by atoms with van der Waals surface area (Å²) in [5, 5.41) is 0. The zero-order valence-corrected chi connectivity index (χ0v) is 16.1. The fourth-order valence-corrected chi connectivity index (χ4v) is 3.59. The van der Waals surface area contributed by atoms with Crippen molar-refractivity contribution in [1.82, 2.24) is 4.90 Å². The van der Waals surface area contributed by atoms with Gasteiger partial charge in [-0.15, -0.1) is 0 Å². The third-order valence-electron chi connectivity index (χ3n) is 5.25. The van der Waals surface area contributed by atoms with E-state index in [9.17, 15) is 0 Å². The number of hydrogen-bond acceptors (Lipinski definition) is 3. The van der Waals surface area contributed by atoms with Crippen molar-refractivity contribution in [3.63, 3.8) is 0 Å². The summed E-state index contributed by atoms with van der Waals surface area (Å²) in [5.74, 6) is 0. The standard InChI is InChI=1S/C24H25N3/c1-26(2)22-14-8-18(9-15-22)17-25-21-12-10-19(11-13-21)24-16-20-6-4-5-7-23(20)27(24)3/h4-15,17,22H,16H2,1-3H3. The molecule has 4 rings (SSSR count). The number of fused-ring (bicyclic) bond motifs is 1. The molecule has 0 unspecified atom stereocenters. The van der Waals surface area contributed by atoms with Crippen molar-refractivity contribution in [2.24, 2.45) is 4.99 Å². The average molecular weight is 355 g/mol. The second-order valence-electron chi connectivity index (χ2n) is 7.29. The van der Waals surface area contributed by atoms with Crippen LogP contribution in [0.25, 0.3) is 0 Å². The molecule has 0 spiro atoms. The zero-order valence-electron chi connectivity index (χ0n) is 16.1. The molecule has 0 bridgehead atoms. The van der Waals surface area contributed by atoms with E-state index >= 15 is 0 Å². The minimum absolute atomic E-state index is 0.367. The van der Waals surface area contributed by atoms with E-state index in [1.165, 1.54) is 22.5 Å². The van der Waals surface area contributed by atoms with Gasteiger partial charge in [0.2, 0.25) is 0 Å². The van der Waals surface area contributed by atoms with Crippen LogP contribution in [0.4, 0.5) is 5.69 Å². The summed E-state index contributed by atoms with van der Waals surface area (Å²) in [4.78, 5) is 9.10. The highest BCUT2D eigenvalue weighted by molar-refractivity contribution is 6.06. The highest BCUT2D eigenvalue weighted by atomic mass is 15.1. The fraction of sp³-hybridized carbons (Fsp3) is 0.208. The third kappa shape index (κ3) is 3.64. The Balaban J connectivity index is 1.48. The summed E-state index contributed by atoms with van der Waals surface area (Å²) < 4.78 is 0. The maximum atomic E-state index is 4.63. The number of likely N-dealkylation sites (N-methyl/N-ethyl adjacent to an activating group) is 2. The quantitative estimate of drug-likeness (QED) is 0.781. The molecule has 136 valence electrons. The second kappa shape index (κ2) is 7.37. The predicted octanol–water partition coefficient (Wildman–Crippen LogP) is 4.44. The molecule has 3 heteroatoms. The van der Waals surface area contributed by atoms with E-state index in [4.69, 9.17) is 0 Å². The molecule has 1 heterocycles. The summed E-state index contributed by atoms with van der Waals surface area (Å²) in [7, 11) is 6.31. The first kappa shape index (κ1) is 17.5. The molecular formula is C24H25N3. The van der Waals surface area contributed by atoms with E-state index in [0.717, 1.165) is 17.7 Å². The lowest BCUT2D eigenvalue weighted by Crippen LogP contribution is -2.24. The Bertz CT molecular complexity index is 918.